The van der Waals surface area contributed by atoms with Crippen molar-refractivity contribution in [1.29, 1.82) is 0 Å². The van der Waals surface area contributed by atoms with Crippen molar-refractivity contribution in [3.05, 3.63) is 65.7 Å². The first-order valence-electron chi connectivity index (χ1n) is 5.66. The third-order valence-corrected chi connectivity index (χ3v) is 3.79. The molecule has 0 aliphatic heterocycles. The number of nitrogens with one attached hydrogen (secondary N) is 1. The van der Waals surface area contributed by atoms with Crippen LogP contribution in [0.2, 0.25) is 0 Å². The lowest BCUT2D eigenvalue weighted by Crippen LogP contribution is -2.24. The van der Waals surface area contributed by atoms with Gasteiger partial charge >= 0.3 is 0 Å². The van der Waals surface area contributed by atoms with Gasteiger partial charge in [-0.05, 0) is 29.3 Å². The molecule has 0 atom stereocenters. The summed E-state index contributed by atoms with van der Waals surface area (Å²) in [5, 5.41) is 0. The van der Waals surface area contributed by atoms with Gasteiger partial charge in [-0.3, -0.25) is 4.98 Å². The molecule has 0 unspecified atom stereocenters. The van der Waals surface area contributed by atoms with Crippen molar-refractivity contribution in [3.63, 3.8) is 0 Å². The third-order valence-electron chi connectivity index (χ3n) is 2.49. The largest absolute Gasteiger partial charge is 0.264 e. The summed E-state index contributed by atoms with van der Waals surface area (Å²) in [6.45, 7) is 0.192. The van der Waals surface area contributed by atoms with Crippen LogP contribution in [0.25, 0.3) is 0 Å². The van der Waals surface area contributed by atoms with E-state index in [0.717, 1.165) is 5.56 Å². The van der Waals surface area contributed by atoms with Crippen LogP contribution < -0.4 is 4.72 Å². The summed E-state index contributed by atoms with van der Waals surface area (Å²) in [5.74, 6) is -0.558. The smallest absolute Gasteiger partial charge is 0.216 e. The van der Waals surface area contributed by atoms with E-state index in [0.29, 0.717) is 5.56 Å². The first kappa shape index (κ1) is 13.6. The summed E-state index contributed by atoms with van der Waals surface area (Å²) in [4.78, 5) is 3.90. The molecule has 0 fully saturated rings. The number of hydrogen-bond donors (Lipinski definition) is 1. The van der Waals surface area contributed by atoms with Crippen molar-refractivity contribution in [2.45, 2.75) is 12.3 Å². The van der Waals surface area contributed by atoms with E-state index >= 15 is 0 Å². The van der Waals surface area contributed by atoms with Gasteiger partial charge in [0.05, 0.1) is 5.75 Å². The maximum atomic E-state index is 12.7. The quantitative estimate of drug-likeness (QED) is 0.909. The summed E-state index contributed by atoms with van der Waals surface area (Å²) in [7, 11) is -3.45. The van der Waals surface area contributed by atoms with E-state index in [1.807, 2.05) is 0 Å². The van der Waals surface area contributed by atoms with Crippen molar-refractivity contribution in [1.82, 2.24) is 9.71 Å². The minimum atomic E-state index is -3.45. The Morgan fingerprint density at radius 1 is 1.11 bits per heavy atom. The second-order valence-electron chi connectivity index (χ2n) is 4.07. The number of nitrogens with zero attached hydrogens (tertiary/aromatic N) is 1. The average Bonchev–Trinajstić information content (AvgIpc) is 2.40. The molecule has 0 spiro atoms. The standard InChI is InChI=1S/C13H13FN2O2S/c14-13-5-3-11(4-6-13)10-19(17,18)16-9-12-2-1-7-15-8-12/h1-8,16H,9-10H2. The van der Waals surface area contributed by atoms with Crippen LogP contribution in [0, 0.1) is 5.82 Å². The number of aromatic nitrogens is 1. The van der Waals surface area contributed by atoms with Gasteiger partial charge in [0.1, 0.15) is 5.82 Å². The lowest BCUT2D eigenvalue weighted by molar-refractivity contribution is 0.580. The van der Waals surface area contributed by atoms with Crippen LogP contribution in [0.3, 0.4) is 0 Å². The molecule has 0 bridgehead atoms. The van der Waals surface area contributed by atoms with Gasteiger partial charge in [-0.1, -0.05) is 18.2 Å². The van der Waals surface area contributed by atoms with Crippen molar-refractivity contribution in [2.75, 3.05) is 0 Å². The highest BCUT2D eigenvalue weighted by Gasteiger charge is 2.11. The highest BCUT2D eigenvalue weighted by atomic mass is 32.2. The fraction of sp³-hybridized carbons (Fsp3) is 0.154. The van der Waals surface area contributed by atoms with E-state index in [1.165, 1.54) is 24.3 Å². The van der Waals surface area contributed by atoms with Gasteiger partial charge in [0, 0.05) is 18.9 Å². The zero-order valence-electron chi connectivity index (χ0n) is 10.1. The Morgan fingerprint density at radius 3 is 2.47 bits per heavy atom. The second-order valence-corrected chi connectivity index (χ2v) is 5.87. The first-order chi connectivity index (χ1) is 9.05. The normalized spacial score (nSPS) is 11.4. The number of halogens is 1. The molecule has 6 heteroatoms. The van der Waals surface area contributed by atoms with E-state index in [2.05, 4.69) is 9.71 Å². The van der Waals surface area contributed by atoms with Crippen LogP contribution in [0.15, 0.2) is 48.8 Å². The van der Waals surface area contributed by atoms with Crippen LogP contribution in [-0.4, -0.2) is 13.4 Å². The molecule has 19 heavy (non-hydrogen) atoms. The fourth-order valence-corrected chi connectivity index (χ4v) is 2.67. The molecule has 0 saturated carbocycles. The van der Waals surface area contributed by atoms with Gasteiger partial charge in [-0.25, -0.2) is 17.5 Å². The molecular formula is C13H13FN2O2S. The summed E-state index contributed by atoms with van der Waals surface area (Å²) in [6.07, 6.45) is 3.22. The minimum Gasteiger partial charge on any atom is -0.264 e. The molecule has 0 saturated heterocycles. The average molecular weight is 280 g/mol. The zero-order valence-corrected chi connectivity index (χ0v) is 10.9. The van der Waals surface area contributed by atoms with E-state index < -0.39 is 10.0 Å². The predicted octanol–water partition coefficient (Wildman–Crippen LogP) is 1.84. The second kappa shape index (κ2) is 5.90. The van der Waals surface area contributed by atoms with Gasteiger partial charge in [-0.15, -0.1) is 0 Å². The van der Waals surface area contributed by atoms with Gasteiger partial charge < -0.3 is 0 Å². The lowest BCUT2D eigenvalue weighted by Gasteiger charge is -2.06. The van der Waals surface area contributed by atoms with Crippen molar-refractivity contribution in [3.8, 4) is 0 Å². The number of rotatable bonds is 5. The molecule has 0 aliphatic carbocycles. The van der Waals surface area contributed by atoms with Crippen LogP contribution in [0.4, 0.5) is 4.39 Å². The number of sulfonamides is 1. The van der Waals surface area contributed by atoms with Crippen LogP contribution in [-0.2, 0) is 22.3 Å². The molecule has 1 aromatic carbocycles. The molecule has 0 radical (unpaired) electrons. The summed E-state index contributed by atoms with van der Waals surface area (Å²) >= 11 is 0. The fourth-order valence-electron chi connectivity index (χ4n) is 1.55. The van der Waals surface area contributed by atoms with Crippen LogP contribution in [0.5, 0.6) is 0 Å². The Kier molecular flexibility index (Phi) is 4.24. The summed E-state index contributed by atoms with van der Waals surface area (Å²) < 4.78 is 38.9. The molecule has 0 aliphatic rings. The highest BCUT2D eigenvalue weighted by molar-refractivity contribution is 7.88. The Bertz CT molecular complexity index is 627. The van der Waals surface area contributed by atoms with E-state index in [9.17, 15) is 12.8 Å². The van der Waals surface area contributed by atoms with Gasteiger partial charge in [0.2, 0.25) is 10.0 Å². The predicted molar refractivity (Wildman–Crippen MR) is 70.1 cm³/mol. The summed E-state index contributed by atoms with van der Waals surface area (Å²) in [6, 6.07) is 8.92. The van der Waals surface area contributed by atoms with E-state index in [4.69, 9.17) is 0 Å². The van der Waals surface area contributed by atoms with Crippen molar-refractivity contribution < 1.29 is 12.8 Å². The minimum absolute atomic E-state index is 0.173. The number of pyridine rings is 1. The molecule has 4 nitrogen and oxygen atoms in total. The SMILES string of the molecule is O=S(=O)(Cc1ccc(F)cc1)NCc1cccnc1. The molecule has 2 aromatic rings. The molecule has 1 N–H and O–H groups in total. The van der Waals surface area contributed by atoms with Gasteiger partial charge in [0.25, 0.3) is 0 Å². The molecule has 100 valence electrons. The molecule has 1 heterocycles. The Balaban J connectivity index is 1.97. The molecular weight excluding hydrogens is 267 g/mol. The maximum Gasteiger partial charge on any atom is 0.216 e. The topological polar surface area (TPSA) is 59.1 Å². The monoisotopic (exact) mass is 280 g/mol. The van der Waals surface area contributed by atoms with Gasteiger partial charge in [0.15, 0.2) is 0 Å². The Morgan fingerprint density at radius 2 is 1.84 bits per heavy atom. The lowest BCUT2D eigenvalue weighted by atomic mass is 10.2. The molecule has 2 rings (SSSR count). The number of hydrogen-bond acceptors (Lipinski definition) is 3. The van der Waals surface area contributed by atoms with E-state index in [1.54, 1.807) is 24.5 Å². The zero-order chi connectivity index (χ0) is 13.7. The van der Waals surface area contributed by atoms with Gasteiger partial charge in [-0.2, -0.15) is 0 Å². The summed E-state index contributed by atoms with van der Waals surface area (Å²) in [5.41, 5.74) is 1.32. The van der Waals surface area contributed by atoms with E-state index in [-0.39, 0.29) is 18.1 Å². The number of benzene rings is 1. The molecule has 1 aromatic heterocycles. The Labute approximate surface area is 111 Å². The molecule has 0 amide bonds. The van der Waals surface area contributed by atoms with Crippen LogP contribution >= 0.6 is 0 Å². The highest BCUT2D eigenvalue weighted by Crippen LogP contribution is 2.07. The van der Waals surface area contributed by atoms with Crippen molar-refractivity contribution in [2.24, 2.45) is 0 Å². The Hall–Kier alpha value is -1.79. The third kappa shape index (κ3) is 4.42. The first-order valence-corrected chi connectivity index (χ1v) is 7.31. The van der Waals surface area contributed by atoms with Crippen molar-refractivity contribution >= 4 is 10.0 Å². The van der Waals surface area contributed by atoms with Crippen LogP contribution in [0.1, 0.15) is 11.1 Å². The maximum absolute atomic E-state index is 12.7.